The predicted molar refractivity (Wildman–Crippen MR) is 68.4 cm³/mol. The topological polar surface area (TPSA) is 96.0 Å². The molecule has 0 radical (unpaired) electrons. The molecule has 1 aromatic rings. The lowest BCUT2D eigenvalue weighted by Crippen LogP contribution is -2.41. The van der Waals surface area contributed by atoms with Gasteiger partial charge in [0.2, 0.25) is 10.0 Å². The van der Waals surface area contributed by atoms with Gasteiger partial charge in [0.1, 0.15) is 11.1 Å². The molecule has 0 spiro atoms. The second-order valence-corrected chi connectivity index (χ2v) is 5.86. The minimum Gasteiger partial charge on any atom is -0.387 e. The van der Waals surface area contributed by atoms with Gasteiger partial charge in [-0.3, -0.25) is 5.41 Å². The van der Waals surface area contributed by atoms with Gasteiger partial charge in [0, 0.05) is 6.54 Å². The molecule has 1 aromatic carbocycles. The molecule has 4 N–H and O–H groups in total. The van der Waals surface area contributed by atoms with Gasteiger partial charge in [-0.2, -0.15) is 0 Å². The largest absolute Gasteiger partial charge is 0.387 e. The molecular formula is C11H17N3O2S. The molecule has 0 saturated heterocycles. The number of sulfonamides is 1. The summed E-state index contributed by atoms with van der Waals surface area (Å²) in [7, 11) is -3.53. The van der Waals surface area contributed by atoms with Crippen molar-refractivity contribution in [3.63, 3.8) is 0 Å². The summed E-state index contributed by atoms with van der Waals surface area (Å²) in [5.41, 5.74) is 6.23. The molecule has 0 amide bonds. The van der Waals surface area contributed by atoms with E-state index in [4.69, 9.17) is 11.1 Å². The van der Waals surface area contributed by atoms with Crippen LogP contribution in [0.2, 0.25) is 0 Å². The zero-order chi connectivity index (χ0) is 12.9. The summed E-state index contributed by atoms with van der Waals surface area (Å²) < 4.78 is 25.7. The zero-order valence-electron chi connectivity index (χ0n) is 9.68. The maximum atomic E-state index is 11.6. The number of nitrogens with two attached hydrogens (primary N) is 1. The third-order valence-electron chi connectivity index (χ3n) is 2.46. The van der Waals surface area contributed by atoms with E-state index in [1.165, 1.54) is 6.92 Å². The first-order valence-electron chi connectivity index (χ1n) is 5.30. The molecule has 5 nitrogen and oxygen atoms in total. The average Bonchev–Trinajstić information content (AvgIpc) is 2.29. The Kier molecular flexibility index (Phi) is 4.65. The molecule has 0 aliphatic rings. The van der Waals surface area contributed by atoms with Crippen LogP contribution in [-0.2, 0) is 16.4 Å². The van der Waals surface area contributed by atoms with Crippen LogP contribution < -0.4 is 10.5 Å². The Morgan fingerprint density at radius 1 is 1.41 bits per heavy atom. The molecule has 0 heterocycles. The van der Waals surface area contributed by atoms with E-state index >= 15 is 0 Å². The Balaban J connectivity index is 2.49. The van der Waals surface area contributed by atoms with Gasteiger partial charge in [0.15, 0.2) is 0 Å². The van der Waals surface area contributed by atoms with Crippen molar-refractivity contribution < 1.29 is 8.42 Å². The van der Waals surface area contributed by atoms with Crippen molar-refractivity contribution in [2.24, 2.45) is 5.73 Å². The zero-order valence-corrected chi connectivity index (χ0v) is 10.5. The molecule has 0 aromatic heterocycles. The van der Waals surface area contributed by atoms with Crippen molar-refractivity contribution in [3.8, 4) is 0 Å². The summed E-state index contributed by atoms with van der Waals surface area (Å²) in [6, 6.07) is 9.58. The Morgan fingerprint density at radius 3 is 2.53 bits per heavy atom. The molecule has 17 heavy (non-hydrogen) atoms. The molecule has 0 aliphatic heterocycles. The first-order valence-corrected chi connectivity index (χ1v) is 6.84. The summed E-state index contributed by atoms with van der Waals surface area (Å²) in [4.78, 5) is 0. The lowest BCUT2D eigenvalue weighted by molar-refractivity contribution is 0.578. The third kappa shape index (κ3) is 4.16. The van der Waals surface area contributed by atoms with Crippen LogP contribution in [-0.4, -0.2) is 26.0 Å². The van der Waals surface area contributed by atoms with E-state index in [1.54, 1.807) is 0 Å². The van der Waals surface area contributed by atoms with Crippen molar-refractivity contribution in [3.05, 3.63) is 35.9 Å². The summed E-state index contributed by atoms with van der Waals surface area (Å²) in [6.07, 6.45) is 0.616. The fourth-order valence-electron chi connectivity index (χ4n) is 1.27. The number of hydrogen-bond acceptors (Lipinski definition) is 3. The van der Waals surface area contributed by atoms with Gasteiger partial charge in [-0.15, -0.1) is 0 Å². The Bertz CT molecular complexity index is 471. The molecule has 0 aliphatic carbocycles. The van der Waals surface area contributed by atoms with Crippen molar-refractivity contribution >= 4 is 15.9 Å². The van der Waals surface area contributed by atoms with Crippen molar-refractivity contribution in [1.82, 2.24) is 4.72 Å². The van der Waals surface area contributed by atoms with Crippen molar-refractivity contribution in [2.45, 2.75) is 18.6 Å². The Labute approximate surface area is 102 Å². The number of amidine groups is 1. The molecule has 1 unspecified atom stereocenters. The van der Waals surface area contributed by atoms with Crippen LogP contribution in [0.5, 0.6) is 0 Å². The average molecular weight is 255 g/mol. The second kappa shape index (κ2) is 5.79. The van der Waals surface area contributed by atoms with Crippen LogP contribution in [0.3, 0.4) is 0 Å². The van der Waals surface area contributed by atoms with E-state index in [0.717, 1.165) is 5.56 Å². The van der Waals surface area contributed by atoms with Crippen LogP contribution in [0.1, 0.15) is 12.5 Å². The minimum atomic E-state index is -3.53. The van der Waals surface area contributed by atoms with Gasteiger partial charge in [-0.05, 0) is 18.9 Å². The molecule has 1 rings (SSSR count). The van der Waals surface area contributed by atoms with Gasteiger partial charge in [0.05, 0.1) is 0 Å². The van der Waals surface area contributed by atoms with E-state index < -0.39 is 15.3 Å². The summed E-state index contributed by atoms with van der Waals surface area (Å²) >= 11 is 0. The van der Waals surface area contributed by atoms with Crippen molar-refractivity contribution in [2.75, 3.05) is 6.54 Å². The Hall–Kier alpha value is -1.40. The quantitative estimate of drug-likeness (QED) is 0.509. The fraction of sp³-hybridized carbons (Fsp3) is 0.364. The lowest BCUT2D eigenvalue weighted by atomic mass is 10.2. The Morgan fingerprint density at radius 2 is 2.00 bits per heavy atom. The van der Waals surface area contributed by atoms with E-state index in [-0.39, 0.29) is 5.84 Å². The molecule has 0 saturated carbocycles. The smallest absolute Gasteiger partial charge is 0.221 e. The molecule has 6 heteroatoms. The molecular weight excluding hydrogens is 238 g/mol. The van der Waals surface area contributed by atoms with Crippen molar-refractivity contribution in [1.29, 1.82) is 5.41 Å². The van der Waals surface area contributed by atoms with Gasteiger partial charge in [0.25, 0.3) is 0 Å². The van der Waals surface area contributed by atoms with Gasteiger partial charge in [-0.1, -0.05) is 30.3 Å². The molecule has 0 bridgehead atoms. The lowest BCUT2D eigenvalue weighted by Gasteiger charge is -2.12. The van der Waals surface area contributed by atoms with E-state index in [1.807, 2.05) is 30.3 Å². The molecule has 0 fully saturated rings. The standard InChI is InChI=1S/C11H17N3O2S/c1-9(11(12)13)17(15,16)14-8-7-10-5-3-2-4-6-10/h2-6,9,14H,7-8H2,1H3,(H3,12,13). The number of rotatable bonds is 6. The molecule has 94 valence electrons. The number of hydrogen-bond donors (Lipinski definition) is 3. The number of benzene rings is 1. The van der Waals surface area contributed by atoms with Crippen LogP contribution in [0.15, 0.2) is 30.3 Å². The molecule has 1 atom stereocenters. The minimum absolute atomic E-state index is 0.309. The highest BCUT2D eigenvalue weighted by Gasteiger charge is 2.22. The first kappa shape index (κ1) is 13.7. The highest BCUT2D eigenvalue weighted by molar-refractivity contribution is 7.90. The summed E-state index contributed by atoms with van der Waals surface area (Å²) in [6.45, 7) is 1.71. The highest BCUT2D eigenvalue weighted by atomic mass is 32.2. The van der Waals surface area contributed by atoms with Gasteiger partial charge in [-0.25, -0.2) is 13.1 Å². The van der Waals surface area contributed by atoms with E-state index in [2.05, 4.69) is 4.72 Å². The second-order valence-electron chi connectivity index (χ2n) is 3.77. The predicted octanol–water partition coefficient (Wildman–Crippen LogP) is 0.473. The van der Waals surface area contributed by atoms with Crippen LogP contribution >= 0.6 is 0 Å². The fourth-order valence-corrected chi connectivity index (χ4v) is 2.25. The van der Waals surface area contributed by atoms with Crippen LogP contribution in [0, 0.1) is 5.41 Å². The first-order chi connectivity index (χ1) is 7.93. The normalized spacial score (nSPS) is 13.2. The number of nitrogens with one attached hydrogen (secondary N) is 2. The maximum Gasteiger partial charge on any atom is 0.221 e. The maximum absolute atomic E-state index is 11.6. The highest BCUT2D eigenvalue weighted by Crippen LogP contribution is 2.01. The van der Waals surface area contributed by atoms with Crippen LogP contribution in [0.4, 0.5) is 0 Å². The monoisotopic (exact) mass is 255 g/mol. The summed E-state index contributed by atoms with van der Waals surface area (Å²) in [5.74, 6) is -0.350. The third-order valence-corrected chi connectivity index (χ3v) is 4.25. The van der Waals surface area contributed by atoms with E-state index in [9.17, 15) is 8.42 Å². The SMILES string of the molecule is CC(C(=N)N)S(=O)(=O)NCCc1ccccc1. The summed E-state index contributed by atoms with van der Waals surface area (Å²) in [5, 5.41) is 6.13. The van der Waals surface area contributed by atoms with Gasteiger partial charge >= 0.3 is 0 Å². The van der Waals surface area contributed by atoms with Gasteiger partial charge < -0.3 is 5.73 Å². The van der Waals surface area contributed by atoms with Crippen LogP contribution in [0.25, 0.3) is 0 Å². The van der Waals surface area contributed by atoms with E-state index in [0.29, 0.717) is 13.0 Å².